The summed E-state index contributed by atoms with van der Waals surface area (Å²) < 4.78 is 27.2. The highest BCUT2D eigenvalue weighted by molar-refractivity contribution is 5.93. The number of aliphatic hydroxyl groups is 10. The van der Waals surface area contributed by atoms with Crippen LogP contribution in [0.4, 0.5) is 0 Å². The summed E-state index contributed by atoms with van der Waals surface area (Å²) in [6.45, 7) is -2.62. The lowest BCUT2D eigenvalue weighted by molar-refractivity contribution is -0.362. The molecule has 19 heteroatoms. The summed E-state index contributed by atoms with van der Waals surface area (Å²) >= 11 is 0. The molecule has 3 saturated heterocycles. The van der Waals surface area contributed by atoms with Gasteiger partial charge in [0, 0.05) is 7.11 Å². The van der Waals surface area contributed by atoms with Crippen molar-refractivity contribution in [3.8, 4) is 0 Å². The molecule has 14 atom stereocenters. The van der Waals surface area contributed by atoms with Gasteiger partial charge in [-0.3, -0.25) is 9.59 Å². The number of hydrogen-bond acceptors (Lipinski definition) is 17. The molecule has 0 radical (unpaired) electrons. The fourth-order valence-electron chi connectivity index (χ4n) is 4.55. The zero-order valence-electron chi connectivity index (χ0n) is 21.9. The molecule has 0 aromatic rings. The first kappa shape index (κ1) is 35.5. The number of aliphatic hydroxyl groups excluding tert-OH is 10. The molecule has 0 aliphatic carbocycles. The van der Waals surface area contributed by atoms with Crippen LogP contribution in [0.3, 0.4) is 0 Å². The summed E-state index contributed by atoms with van der Waals surface area (Å²) in [5.41, 5.74) is 0. The minimum atomic E-state index is -1.93. The van der Waals surface area contributed by atoms with Crippen molar-refractivity contribution in [1.29, 1.82) is 0 Å². The Kier molecular flexibility index (Phi) is 14.1. The molecule has 0 spiro atoms. The lowest BCUT2D eigenvalue weighted by atomic mass is 9.95. The van der Waals surface area contributed by atoms with Crippen LogP contribution in [0.15, 0.2) is 0 Å². The van der Waals surface area contributed by atoms with Crippen LogP contribution in [0, 0.1) is 0 Å². The van der Waals surface area contributed by atoms with Gasteiger partial charge >= 0.3 is 5.97 Å². The Morgan fingerprint density at radius 3 is 1.83 bits per heavy atom. The van der Waals surface area contributed by atoms with Crippen molar-refractivity contribution in [3.05, 3.63) is 0 Å². The van der Waals surface area contributed by atoms with Crippen LogP contribution in [0.2, 0.25) is 0 Å². The summed E-state index contributed by atoms with van der Waals surface area (Å²) in [5.74, 6) is -2.60. The molecule has 0 aromatic carbocycles. The maximum absolute atomic E-state index is 12.1. The number of hydrogen-bond donors (Lipinski definition) is 12. The van der Waals surface area contributed by atoms with E-state index in [9.17, 15) is 55.5 Å². The van der Waals surface area contributed by atoms with E-state index in [2.05, 4.69) is 5.32 Å². The molecular formula is C22H39NO18. The molecule has 12 N–H and O–H groups in total. The Morgan fingerprint density at radius 1 is 0.732 bits per heavy atom. The number of carboxylic acid groups (broad SMARTS) is 1. The van der Waals surface area contributed by atoms with Gasteiger partial charge in [0.1, 0.15) is 79.6 Å². The molecule has 3 fully saturated rings. The predicted molar refractivity (Wildman–Crippen MR) is 126 cm³/mol. The third-order valence-corrected chi connectivity index (χ3v) is 6.68. The molecule has 3 rings (SSSR count). The Morgan fingerprint density at radius 2 is 1.27 bits per heavy atom. The van der Waals surface area contributed by atoms with Crippen molar-refractivity contribution in [2.24, 2.45) is 0 Å². The Bertz CT molecular complexity index is 817. The van der Waals surface area contributed by atoms with Gasteiger partial charge in [-0.1, -0.05) is 0 Å². The van der Waals surface area contributed by atoms with Gasteiger partial charge in [0.05, 0.1) is 26.4 Å². The van der Waals surface area contributed by atoms with Crippen LogP contribution in [-0.2, 0) is 33.3 Å². The molecule has 19 nitrogen and oxygen atoms in total. The number of amides is 1. The van der Waals surface area contributed by atoms with Gasteiger partial charge in [0.15, 0.2) is 12.6 Å². The number of aliphatic carboxylic acids is 1. The molecule has 41 heavy (non-hydrogen) atoms. The van der Waals surface area contributed by atoms with E-state index in [-0.39, 0.29) is 6.61 Å². The summed E-state index contributed by atoms with van der Waals surface area (Å²) in [4.78, 5) is 22.9. The second-order valence-electron chi connectivity index (χ2n) is 9.39. The molecule has 6 unspecified atom stereocenters. The third-order valence-electron chi connectivity index (χ3n) is 6.68. The average molecular weight is 606 g/mol. The van der Waals surface area contributed by atoms with Crippen LogP contribution in [-0.4, -0.2) is 187 Å². The van der Waals surface area contributed by atoms with Crippen molar-refractivity contribution in [2.45, 2.75) is 92.2 Å². The smallest absolute Gasteiger partial charge is 0.312 e. The number of ether oxygens (including phenoxy) is 5. The van der Waals surface area contributed by atoms with Gasteiger partial charge in [-0.15, -0.1) is 0 Å². The van der Waals surface area contributed by atoms with Crippen LogP contribution >= 0.6 is 0 Å². The Hall–Kier alpha value is -1.66. The quantitative estimate of drug-likeness (QED) is 0.103. The monoisotopic (exact) mass is 605 g/mol. The number of carboxylic acids is 1. The lowest BCUT2D eigenvalue weighted by Crippen LogP contribution is -2.68. The van der Waals surface area contributed by atoms with Gasteiger partial charge in [-0.05, 0) is 0 Å². The SMILES string of the molecule is CO.O=C(O)CC(=O)NC1[C@H](O[C@@H]2C(CO)O[C@H](O[C@@H]3C(CO)OCC(O)[C@H]3O)C(O)[C@H]2O)OC(CO)[C@@H](O)[C@@H]1O. The number of nitrogens with one attached hydrogen (secondary N) is 1. The maximum Gasteiger partial charge on any atom is 0.312 e. The standard InChI is InChI=1S/C21H35NO17.CH4O/c23-2-7-14(31)15(32)12(22-10(27)1-11(28)29)20(36-7)38-19-9(4-25)37-21(17(34)16(19)33)39-18-8(3-24)35-5-6(26)13(18)30;1-2/h6-9,12-21,23-26,30-34H,1-5H2,(H,22,27)(H,28,29);2H,1H3/t6?,7?,8?,9?,12?,13-,14-,15-,16-,17?,18-,19-,20+,21-;/m1./s1. The van der Waals surface area contributed by atoms with E-state index in [1.807, 2.05) is 0 Å². The minimum Gasteiger partial charge on any atom is -0.481 e. The van der Waals surface area contributed by atoms with E-state index in [1.165, 1.54) is 0 Å². The molecular weight excluding hydrogens is 566 g/mol. The molecule has 3 aliphatic heterocycles. The van der Waals surface area contributed by atoms with Crippen LogP contribution in [0.5, 0.6) is 0 Å². The van der Waals surface area contributed by atoms with E-state index in [4.69, 9.17) is 33.9 Å². The van der Waals surface area contributed by atoms with Crippen LogP contribution < -0.4 is 5.32 Å². The van der Waals surface area contributed by atoms with Gasteiger partial charge in [-0.25, -0.2) is 0 Å². The fraction of sp³-hybridized carbons (Fsp3) is 0.909. The van der Waals surface area contributed by atoms with E-state index in [0.29, 0.717) is 0 Å². The molecule has 3 heterocycles. The largest absolute Gasteiger partial charge is 0.481 e. The van der Waals surface area contributed by atoms with Gasteiger partial charge < -0.3 is 85.2 Å². The lowest BCUT2D eigenvalue weighted by Gasteiger charge is -2.48. The summed E-state index contributed by atoms with van der Waals surface area (Å²) in [6.07, 6.45) is -22.0. The normalized spacial score (nSPS) is 43.0. The first-order chi connectivity index (χ1) is 19.4. The highest BCUT2D eigenvalue weighted by Crippen LogP contribution is 2.31. The van der Waals surface area contributed by atoms with Gasteiger partial charge in [0.2, 0.25) is 5.91 Å². The zero-order valence-corrected chi connectivity index (χ0v) is 21.9. The van der Waals surface area contributed by atoms with Gasteiger partial charge in [0.25, 0.3) is 0 Å². The topological polar surface area (TPSA) is 315 Å². The van der Waals surface area contributed by atoms with Crippen molar-refractivity contribution < 1.29 is 89.4 Å². The van der Waals surface area contributed by atoms with Crippen molar-refractivity contribution in [2.75, 3.05) is 33.5 Å². The third kappa shape index (κ3) is 8.46. The molecule has 0 saturated carbocycles. The Labute approximate surface area is 233 Å². The first-order valence-electron chi connectivity index (χ1n) is 12.5. The van der Waals surface area contributed by atoms with Crippen LogP contribution in [0.25, 0.3) is 0 Å². The molecule has 240 valence electrons. The maximum atomic E-state index is 12.1. The first-order valence-corrected chi connectivity index (χ1v) is 12.5. The predicted octanol–water partition coefficient (Wildman–Crippen LogP) is -7.68. The highest BCUT2D eigenvalue weighted by atomic mass is 16.7. The van der Waals surface area contributed by atoms with Crippen molar-refractivity contribution in [1.82, 2.24) is 5.32 Å². The molecule has 3 aliphatic rings. The second-order valence-corrected chi connectivity index (χ2v) is 9.39. The number of rotatable bonds is 10. The van der Waals surface area contributed by atoms with Crippen LogP contribution in [0.1, 0.15) is 6.42 Å². The van der Waals surface area contributed by atoms with Crippen molar-refractivity contribution in [3.63, 3.8) is 0 Å². The Balaban J connectivity index is 0.00000287. The zero-order chi connectivity index (χ0) is 31.0. The van der Waals surface area contributed by atoms with E-state index < -0.39 is 124 Å². The van der Waals surface area contributed by atoms with E-state index in [1.54, 1.807) is 0 Å². The average Bonchev–Trinajstić information content (AvgIpc) is 2.95. The van der Waals surface area contributed by atoms with E-state index in [0.717, 1.165) is 7.11 Å². The van der Waals surface area contributed by atoms with E-state index >= 15 is 0 Å². The van der Waals surface area contributed by atoms with Crippen molar-refractivity contribution >= 4 is 11.9 Å². The highest BCUT2D eigenvalue weighted by Gasteiger charge is 2.53. The fourth-order valence-corrected chi connectivity index (χ4v) is 4.55. The second kappa shape index (κ2) is 16.3. The molecule has 1 amide bonds. The number of carbonyl (C=O) groups excluding carboxylic acids is 1. The summed E-state index contributed by atoms with van der Waals surface area (Å²) in [7, 11) is 1.00. The summed E-state index contributed by atoms with van der Waals surface area (Å²) in [5, 5.41) is 109. The van der Waals surface area contributed by atoms with Gasteiger partial charge in [-0.2, -0.15) is 0 Å². The molecule has 0 bridgehead atoms. The molecule has 0 aromatic heterocycles. The minimum absolute atomic E-state index is 0.306. The number of carbonyl (C=O) groups is 2. The summed E-state index contributed by atoms with van der Waals surface area (Å²) in [6, 6.07) is -1.63.